The van der Waals surface area contributed by atoms with Gasteiger partial charge in [-0.2, -0.15) is 0 Å². The summed E-state index contributed by atoms with van der Waals surface area (Å²) in [5, 5.41) is 2.54. The molecule has 22 heavy (non-hydrogen) atoms. The minimum absolute atomic E-state index is 0.220. The Hall–Kier alpha value is -2.05. The van der Waals surface area contributed by atoms with E-state index >= 15 is 0 Å². The zero-order valence-corrected chi connectivity index (χ0v) is 14.0. The third-order valence-electron chi connectivity index (χ3n) is 2.35. The number of alkyl carbamates (subject to hydrolysis) is 1. The van der Waals surface area contributed by atoms with Crippen LogP contribution in [0.2, 0.25) is 0 Å². The molecule has 7 nitrogen and oxygen atoms in total. The number of nitrogens with zero attached hydrogens (tertiary/aromatic N) is 1. The van der Waals surface area contributed by atoms with E-state index in [0.29, 0.717) is 5.69 Å². The minimum atomic E-state index is -0.864. The van der Waals surface area contributed by atoms with E-state index < -0.39 is 29.3 Å². The summed E-state index contributed by atoms with van der Waals surface area (Å²) in [5.41, 5.74) is -0.641. The van der Waals surface area contributed by atoms with Gasteiger partial charge in [-0.05, 0) is 41.5 Å². The van der Waals surface area contributed by atoms with Crippen LogP contribution in [-0.2, 0) is 20.7 Å². The molecular weight excluding hydrogens is 286 g/mol. The van der Waals surface area contributed by atoms with Crippen molar-refractivity contribution >= 4 is 12.1 Å². The number of H-pyrrole nitrogens is 1. The summed E-state index contributed by atoms with van der Waals surface area (Å²) in [6.45, 7) is 10.6. The molecule has 0 aromatic carbocycles. The summed E-state index contributed by atoms with van der Waals surface area (Å²) < 4.78 is 10.5. The molecule has 0 bridgehead atoms. The maximum Gasteiger partial charge on any atom is 0.408 e. The van der Waals surface area contributed by atoms with Gasteiger partial charge in [0.15, 0.2) is 0 Å². The average molecular weight is 311 g/mol. The predicted molar refractivity (Wildman–Crippen MR) is 81.3 cm³/mol. The second-order valence-corrected chi connectivity index (χ2v) is 7.00. The SMILES string of the molecule is CC(C)(C)OC(=O)N[C@@H](Cc1c[nH]cn1)C(=O)OC(C)(C)C. The standard InChI is InChI=1S/C15H25N3O4/c1-14(2,3)21-12(19)11(7-10-8-16-9-17-10)18-13(20)22-15(4,5)6/h8-9,11H,7H2,1-6H3,(H,16,17)(H,18,20)/t11-/m0/s1. The molecule has 1 amide bonds. The second kappa shape index (κ2) is 6.81. The molecular formula is C15H25N3O4. The van der Waals surface area contributed by atoms with Gasteiger partial charge < -0.3 is 19.8 Å². The molecule has 0 saturated heterocycles. The minimum Gasteiger partial charge on any atom is -0.458 e. The number of rotatable bonds is 4. The lowest BCUT2D eigenvalue weighted by atomic mass is 10.1. The van der Waals surface area contributed by atoms with Crippen molar-refractivity contribution < 1.29 is 19.1 Å². The van der Waals surface area contributed by atoms with Crippen LogP contribution in [0.5, 0.6) is 0 Å². The average Bonchev–Trinajstić information content (AvgIpc) is 2.75. The van der Waals surface area contributed by atoms with E-state index in [-0.39, 0.29) is 6.42 Å². The number of carbonyl (C=O) groups excluding carboxylic acids is 2. The largest absolute Gasteiger partial charge is 0.458 e. The third-order valence-corrected chi connectivity index (χ3v) is 2.35. The Morgan fingerprint density at radius 1 is 1.18 bits per heavy atom. The van der Waals surface area contributed by atoms with Crippen molar-refractivity contribution in [3.8, 4) is 0 Å². The lowest BCUT2D eigenvalue weighted by molar-refractivity contribution is -0.157. The number of hydrogen-bond acceptors (Lipinski definition) is 5. The Balaban J connectivity index is 2.77. The van der Waals surface area contributed by atoms with Crippen LogP contribution >= 0.6 is 0 Å². The van der Waals surface area contributed by atoms with Gasteiger partial charge in [-0.15, -0.1) is 0 Å². The third kappa shape index (κ3) is 7.10. The second-order valence-electron chi connectivity index (χ2n) is 7.00. The van der Waals surface area contributed by atoms with E-state index in [1.54, 1.807) is 47.7 Å². The molecule has 7 heteroatoms. The van der Waals surface area contributed by atoms with Crippen LogP contribution < -0.4 is 5.32 Å². The van der Waals surface area contributed by atoms with Gasteiger partial charge in [-0.25, -0.2) is 14.6 Å². The number of imidazole rings is 1. The molecule has 0 aliphatic rings. The normalized spacial score (nSPS) is 13.4. The fraction of sp³-hybridized carbons (Fsp3) is 0.667. The van der Waals surface area contributed by atoms with Crippen LogP contribution in [0.3, 0.4) is 0 Å². The quantitative estimate of drug-likeness (QED) is 0.831. The molecule has 0 saturated carbocycles. The molecule has 0 unspecified atom stereocenters. The van der Waals surface area contributed by atoms with Gasteiger partial charge in [-0.3, -0.25) is 0 Å². The van der Waals surface area contributed by atoms with E-state index in [0.717, 1.165) is 0 Å². The van der Waals surface area contributed by atoms with Crippen LogP contribution in [0, 0.1) is 0 Å². The molecule has 1 atom stereocenters. The number of carbonyl (C=O) groups is 2. The maximum atomic E-state index is 12.3. The molecule has 0 radical (unpaired) electrons. The lowest BCUT2D eigenvalue weighted by Gasteiger charge is -2.26. The number of nitrogens with one attached hydrogen (secondary N) is 2. The van der Waals surface area contributed by atoms with Gasteiger partial charge in [0, 0.05) is 12.6 Å². The molecule has 1 rings (SSSR count). The number of hydrogen-bond donors (Lipinski definition) is 2. The van der Waals surface area contributed by atoms with E-state index in [9.17, 15) is 9.59 Å². The fourth-order valence-electron chi connectivity index (χ4n) is 1.63. The first-order valence-electron chi connectivity index (χ1n) is 7.16. The van der Waals surface area contributed by atoms with Crippen LogP contribution in [0.25, 0.3) is 0 Å². The first-order valence-corrected chi connectivity index (χ1v) is 7.16. The van der Waals surface area contributed by atoms with E-state index in [1.807, 2.05) is 0 Å². The molecule has 1 aromatic rings. The van der Waals surface area contributed by atoms with E-state index in [1.165, 1.54) is 6.33 Å². The smallest absolute Gasteiger partial charge is 0.408 e. The number of aromatic amines is 1. The topological polar surface area (TPSA) is 93.3 Å². The summed E-state index contributed by atoms with van der Waals surface area (Å²) in [6, 6.07) is -0.864. The van der Waals surface area contributed by atoms with Crippen LogP contribution in [0.4, 0.5) is 4.79 Å². The van der Waals surface area contributed by atoms with Crippen molar-refractivity contribution in [2.24, 2.45) is 0 Å². The maximum absolute atomic E-state index is 12.3. The molecule has 1 aromatic heterocycles. The Bertz CT molecular complexity index is 498. The fourth-order valence-corrected chi connectivity index (χ4v) is 1.63. The molecule has 0 fully saturated rings. The Kier molecular flexibility index (Phi) is 5.57. The highest BCUT2D eigenvalue weighted by Crippen LogP contribution is 2.12. The molecule has 124 valence electrons. The molecule has 0 aliphatic heterocycles. The van der Waals surface area contributed by atoms with Gasteiger partial charge in [0.1, 0.15) is 17.2 Å². The van der Waals surface area contributed by atoms with Crippen molar-refractivity contribution in [1.29, 1.82) is 0 Å². The summed E-state index contributed by atoms with van der Waals surface area (Å²) >= 11 is 0. The number of aromatic nitrogens is 2. The van der Waals surface area contributed by atoms with Crippen molar-refractivity contribution in [2.45, 2.75) is 65.2 Å². The highest BCUT2D eigenvalue weighted by atomic mass is 16.6. The summed E-state index contributed by atoms with van der Waals surface area (Å²) in [4.78, 5) is 31.0. The van der Waals surface area contributed by atoms with Gasteiger partial charge in [-0.1, -0.05) is 0 Å². The Labute approximate surface area is 130 Å². The summed E-state index contributed by atoms with van der Waals surface area (Å²) in [5.74, 6) is -0.527. The summed E-state index contributed by atoms with van der Waals surface area (Å²) in [6.07, 6.45) is 2.72. The first kappa shape index (κ1) is 18.0. The van der Waals surface area contributed by atoms with Crippen molar-refractivity contribution in [3.05, 3.63) is 18.2 Å². The molecule has 0 spiro atoms. The van der Waals surface area contributed by atoms with Crippen LogP contribution in [-0.4, -0.2) is 39.3 Å². The van der Waals surface area contributed by atoms with Crippen molar-refractivity contribution in [2.75, 3.05) is 0 Å². The molecule has 0 aliphatic carbocycles. The van der Waals surface area contributed by atoms with Crippen LogP contribution in [0.15, 0.2) is 12.5 Å². The monoisotopic (exact) mass is 311 g/mol. The zero-order valence-electron chi connectivity index (χ0n) is 14.0. The Morgan fingerprint density at radius 2 is 1.77 bits per heavy atom. The number of esters is 1. The van der Waals surface area contributed by atoms with Gasteiger partial charge >= 0.3 is 12.1 Å². The molecule has 1 heterocycles. The zero-order chi connectivity index (χ0) is 17.0. The van der Waals surface area contributed by atoms with Crippen molar-refractivity contribution in [1.82, 2.24) is 15.3 Å². The Morgan fingerprint density at radius 3 is 2.23 bits per heavy atom. The van der Waals surface area contributed by atoms with Crippen LogP contribution in [0.1, 0.15) is 47.2 Å². The van der Waals surface area contributed by atoms with Gasteiger partial charge in [0.2, 0.25) is 0 Å². The lowest BCUT2D eigenvalue weighted by Crippen LogP contribution is -2.47. The van der Waals surface area contributed by atoms with Crippen molar-refractivity contribution in [3.63, 3.8) is 0 Å². The first-order chi connectivity index (χ1) is 9.96. The highest BCUT2D eigenvalue weighted by molar-refractivity contribution is 5.82. The summed E-state index contributed by atoms with van der Waals surface area (Å²) in [7, 11) is 0. The number of amides is 1. The van der Waals surface area contributed by atoms with E-state index in [4.69, 9.17) is 9.47 Å². The van der Waals surface area contributed by atoms with E-state index in [2.05, 4.69) is 15.3 Å². The number of ether oxygens (including phenoxy) is 2. The highest BCUT2D eigenvalue weighted by Gasteiger charge is 2.29. The predicted octanol–water partition coefficient (Wildman–Crippen LogP) is 2.19. The van der Waals surface area contributed by atoms with Gasteiger partial charge in [0.05, 0.1) is 12.0 Å². The van der Waals surface area contributed by atoms with Gasteiger partial charge in [0.25, 0.3) is 0 Å². The molecule has 2 N–H and O–H groups in total.